The van der Waals surface area contributed by atoms with Crippen molar-refractivity contribution < 1.29 is 0 Å². The number of aromatic nitrogens is 2. The van der Waals surface area contributed by atoms with Gasteiger partial charge >= 0.3 is 5.69 Å². The predicted octanol–water partition coefficient (Wildman–Crippen LogP) is 0.734. The van der Waals surface area contributed by atoms with E-state index in [1.807, 2.05) is 20.2 Å². The van der Waals surface area contributed by atoms with Gasteiger partial charge in [0.1, 0.15) is 11.9 Å². The predicted molar refractivity (Wildman–Crippen MR) is 91.7 cm³/mol. The smallest absolute Gasteiger partial charge is 0.332 e. The molecule has 7 nitrogen and oxygen atoms in total. The van der Waals surface area contributed by atoms with Crippen LogP contribution in [0.2, 0.25) is 0 Å². The first kappa shape index (κ1) is 19.0. The zero-order valence-electron chi connectivity index (χ0n) is 14.9. The van der Waals surface area contributed by atoms with Crippen LogP contribution in [-0.2, 0) is 14.1 Å². The van der Waals surface area contributed by atoms with Crippen molar-refractivity contribution in [1.29, 1.82) is 5.26 Å². The number of likely N-dealkylation sites (N-methyl/N-ethyl adjacent to an activating group) is 1. The van der Waals surface area contributed by atoms with E-state index < -0.39 is 11.2 Å². The Morgan fingerprint density at radius 1 is 1.17 bits per heavy atom. The molecule has 0 fully saturated rings. The highest BCUT2D eigenvalue weighted by atomic mass is 16.2. The highest BCUT2D eigenvalue weighted by Gasteiger charge is 2.22. The summed E-state index contributed by atoms with van der Waals surface area (Å²) in [5.74, 6) is 0.782. The van der Waals surface area contributed by atoms with Crippen molar-refractivity contribution in [3.05, 3.63) is 26.4 Å². The van der Waals surface area contributed by atoms with Crippen molar-refractivity contribution >= 4 is 5.82 Å². The van der Waals surface area contributed by atoms with Gasteiger partial charge in [-0.1, -0.05) is 26.7 Å². The highest BCUT2D eigenvalue weighted by Crippen LogP contribution is 2.18. The lowest BCUT2D eigenvalue weighted by Crippen LogP contribution is -2.43. The SMILES string of the molecule is CCC(CC)[C@@H](CNc1c(C#N)c(=O)n(C)c(=O)n1C)N(C)C. The monoisotopic (exact) mass is 321 g/mol. The number of hydrogen-bond acceptors (Lipinski definition) is 5. The van der Waals surface area contributed by atoms with E-state index >= 15 is 0 Å². The standard InChI is InChI=1S/C16H27N5O2/c1-7-11(8-2)13(19(3)4)10-18-14-12(9-17)15(22)21(6)16(23)20(14)5/h11,13,18H,7-8,10H2,1-6H3/t13-/m1/s1. The molecule has 1 atom stereocenters. The summed E-state index contributed by atoms with van der Waals surface area (Å²) in [6, 6.07) is 2.16. The van der Waals surface area contributed by atoms with Gasteiger partial charge in [0.2, 0.25) is 0 Å². The first-order chi connectivity index (χ1) is 10.8. The Hall–Kier alpha value is -2.07. The topological polar surface area (TPSA) is 83.1 Å². The van der Waals surface area contributed by atoms with Crippen LogP contribution < -0.4 is 16.6 Å². The first-order valence-electron chi connectivity index (χ1n) is 7.90. The van der Waals surface area contributed by atoms with Crippen LogP contribution in [0.3, 0.4) is 0 Å². The molecule has 0 spiro atoms. The molecule has 7 heteroatoms. The fraction of sp³-hybridized carbons (Fsp3) is 0.688. The lowest BCUT2D eigenvalue weighted by molar-refractivity contribution is 0.210. The Morgan fingerprint density at radius 2 is 1.74 bits per heavy atom. The molecule has 0 saturated heterocycles. The van der Waals surface area contributed by atoms with Gasteiger partial charge in [0.15, 0.2) is 5.56 Å². The van der Waals surface area contributed by atoms with Crippen LogP contribution in [0, 0.1) is 17.2 Å². The largest absolute Gasteiger partial charge is 0.369 e. The van der Waals surface area contributed by atoms with Gasteiger partial charge in [-0.2, -0.15) is 5.26 Å². The summed E-state index contributed by atoms with van der Waals surface area (Å²) >= 11 is 0. The first-order valence-corrected chi connectivity index (χ1v) is 7.90. The zero-order valence-corrected chi connectivity index (χ0v) is 14.9. The maximum Gasteiger partial charge on any atom is 0.332 e. The van der Waals surface area contributed by atoms with E-state index in [1.165, 1.54) is 11.6 Å². The Labute approximate surface area is 137 Å². The molecule has 0 amide bonds. The van der Waals surface area contributed by atoms with Crippen LogP contribution in [0.4, 0.5) is 5.82 Å². The van der Waals surface area contributed by atoms with Gasteiger partial charge in [0, 0.05) is 26.7 Å². The molecule has 128 valence electrons. The highest BCUT2D eigenvalue weighted by molar-refractivity contribution is 5.51. The Kier molecular flexibility index (Phi) is 6.58. The summed E-state index contributed by atoms with van der Waals surface area (Å²) in [4.78, 5) is 26.3. The number of nitrogens with one attached hydrogen (secondary N) is 1. The quantitative estimate of drug-likeness (QED) is 0.800. The zero-order chi connectivity index (χ0) is 17.7. The summed E-state index contributed by atoms with van der Waals surface area (Å²) in [7, 11) is 6.96. The lowest BCUT2D eigenvalue weighted by Gasteiger charge is -2.32. The van der Waals surface area contributed by atoms with E-state index in [-0.39, 0.29) is 11.6 Å². The second kappa shape index (κ2) is 7.97. The number of hydrogen-bond donors (Lipinski definition) is 1. The third kappa shape index (κ3) is 3.82. The van der Waals surface area contributed by atoms with Crippen molar-refractivity contribution in [3.63, 3.8) is 0 Å². The Balaban J connectivity index is 3.22. The van der Waals surface area contributed by atoms with Gasteiger partial charge in [-0.25, -0.2) is 4.79 Å². The van der Waals surface area contributed by atoms with Gasteiger partial charge in [-0.05, 0) is 20.0 Å². The molecule has 1 N–H and O–H groups in total. The van der Waals surface area contributed by atoms with Gasteiger partial charge in [-0.15, -0.1) is 0 Å². The molecule has 1 aromatic rings. The van der Waals surface area contributed by atoms with Crippen LogP contribution in [0.5, 0.6) is 0 Å². The molecule has 0 aromatic carbocycles. The number of nitrogens with zero attached hydrogens (tertiary/aromatic N) is 4. The lowest BCUT2D eigenvalue weighted by atomic mass is 9.93. The third-order valence-corrected chi connectivity index (χ3v) is 4.51. The van der Waals surface area contributed by atoms with E-state index in [0.29, 0.717) is 18.3 Å². The molecule has 0 aliphatic heterocycles. The van der Waals surface area contributed by atoms with Crippen molar-refractivity contribution in [2.45, 2.75) is 32.7 Å². The molecule has 1 rings (SSSR count). The van der Waals surface area contributed by atoms with Crippen LogP contribution in [0.1, 0.15) is 32.3 Å². The maximum absolute atomic E-state index is 12.1. The van der Waals surface area contributed by atoms with Gasteiger partial charge in [-0.3, -0.25) is 13.9 Å². The van der Waals surface area contributed by atoms with Crippen molar-refractivity contribution in [1.82, 2.24) is 14.0 Å². The van der Waals surface area contributed by atoms with E-state index in [2.05, 4.69) is 24.1 Å². The third-order valence-electron chi connectivity index (χ3n) is 4.51. The maximum atomic E-state index is 12.1. The van der Waals surface area contributed by atoms with Crippen LogP contribution in [0.15, 0.2) is 9.59 Å². The normalized spacial score (nSPS) is 12.5. The van der Waals surface area contributed by atoms with Crippen LogP contribution in [0.25, 0.3) is 0 Å². The molecule has 0 unspecified atom stereocenters. The van der Waals surface area contributed by atoms with E-state index in [9.17, 15) is 14.9 Å². The number of anilines is 1. The van der Waals surface area contributed by atoms with Gasteiger partial charge < -0.3 is 10.2 Å². The molecular weight excluding hydrogens is 294 g/mol. The van der Waals surface area contributed by atoms with Gasteiger partial charge in [0.05, 0.1) is 0 Å². The summed E-state index contributed by atoms with van der Waals surface area (Å²) in [5, 5.41) is 12.4. The average molecular weight is 321 g/mol. The van der Waals surface area contributed by atoms with Crippen molar-refractivity contribution in [3.8, 4) is 6.07 Å². The second-order valence-electron chi connectivity index (χ2n) is 6.03. The summed E-state index contributed by atoms with van der Waals surface area (Å²) in [6.07, 6.45) is 2.09. The van der Waals surface area contributed by atoms with Crippen molar-refractivity contribution in [2.24, 2.45) is 20.0 Å². The molecule has 23 heavy (non-hydrogen) atoms. The fourth-order valence-corrected chi connectivity index (χ4v) is 2.96. The fourth-order valence-electron chi connectivity index (χ4n) is 2.96. The summed E-state index contributed by atoms with van der Waals surface area (Å²) in [6.45, 7) is 4.87. The summed E-state index contributed by atoms with van der Waals surface area (Å²) in [5.41, 5.74) is -1.04. The number of nitriles is 1. The van der Waals surface area contributed by atoms with Crippen molar-refractivity contribution in [2.75, 3.05) is 26.0 Å². The Bertz CT molecular complexity index is 692. The summed E-state index contributed by atoms with van der Waals surface area (Å²) < 4.78 is 2.27. The molecule has 0 bridgehead atoms. The molecule has 0 radical (unpaired) electrons. The molecule has 0 aliphatic rings. The Morgan fingerprint density at radius 3 is 2.17 bits per heavy atom. The molecule has 0 saturated carbocycles. The molecular formula is C16H27N5O2. The van der Waals surface area contributed by atoms with Gasteiger partial charge in [0.25, 0.3) is 5.56 Å². The second-order valence-corrected chi connectivity index (χ2v) is 6.03. The van der Waals surface area contributed by atoms with E-state index in [4.69, 9.17) is 0 Å². The van der Waals surface area contributed by atoms with E-state index in [0.717, 1.165) is 17.4 Å². The number of rotatable bonds is 7. The molecule has 0 aliphatic carbocycles. The van der Waals surface area contributed by atoms with Crippen LogP contribution in [-0.4, -0.2) is 40.7 Å². The van der Waals surface area contributed by atoms with E-state index in [1.54, 1.807) is 7.05 Å². The average Bonchev–Trinajstić information content (AvgIpc) is 2.53. The minimum absolute atomic E-state index is 0.0309. The minimum Gasteiger partial charge on any atom is -0.369 e. The molecule has 1 aromatic heterocycles. The minimum atomic E-state index is -0.568. The molecule has 1 heterocycles. The van der Waals surface area contributed by atoms with Crippen LogP contribution >= 0.6 is 0 Å².